The average molecular weight is 271 g/mol. The molecule has 0 saturated carbocycles. The minimum atomic E-state index is -1.32. The predicted octanol–water partition coefficient (Wildman–Crippen LogP) is 2.64. The first-order valence-corrected chi connectivity index (χ1v) is 5.98. The first-order valence-electron chi connectivity index (χ1n) is 5.98. The number of piperidine rings is 1. The number of hydrogen-bond acceptors (Lipinski definition) is 2. The fourth-order valence-corrected chi connectivity index (χ4v) is 2.37. The number of halogens is 2. The number of likely N-dealkylation sites (tertiary alicyclic amines) is 1. The van der Waals surface area contributed by atoms with Crippen LogP contribution in [0.25, 0.3) is 0 Å². The van der Waals surface area contributed by atoms with E-state index in [1.807, 2.05) is 0 Å². The first kappa shape index (κ1) is 13.6. The topological polar surface area (TPSA) is 49.8 Å². The second kappa shape index (κ2) is 5.42. The third kappa shape index (κ3) is 2.77. The number of benzene rings is 1. The SMILES string of the molecule is COc1ccc(C2CCN(C(=O)O)CC2F)cc1F. The lowest BCUT2D eigenvalue weighted by Gasteiger charge is -2.33. The van der Waals surface area contributed by atoms with Gasteiger partial charge >= 0.3 is 6.09 Å². The van der Waals surface area contributed by atoms with Crippen LogP contribution >= 0.6 is 0 Å². The van der Waals surface area contributed by atoms with Gasteiger partial charge in [-0.1, -0.05) is 6.07 Å². The quantitative estimate of drug-likeness (QED) is 0.899. The maximum atomic E-state index is 14.0. The van der Waals surface area contributed by atoms with Gasteiger partial charge in [0.05, 0.1) is 13.7 Å². The van der Waals surface area contributed by atoms with Gasteiger partial charge in [-0.05, 0) is 24.1 Å². The van der Waals surface area contributed by atoms with E-state index in [1.165, 1.54) is 19.2 Å². The molecule has 1 N–H and O–H groups in total. The smallest absolute Gasteiger partial charge is 0.407 e. The van der Waals surface area contributed by atoms with Crippen LogP contribution in [0.4, 0.5) is 13.6 Å². The lowest BCUT2D eigenvalue weighted by molar-refractivity contribution is 0.0962. The van der Waals surface area contributed by atoms with Crippen molar-refractivity contribution in [2.75, 3.05) is 20.2 Å². The fraction of sp³-hybridized carbons (Fsp3) is 0.462. The Morgan fingerprint density at radius 1 is 1.53 bits per heavy atom. The molecule has 0 radical (unpaired) electrons. The van der Waals surface area contributed by atoms with Gasteiger partial charge in [0.2, 0.25) is 0 Å². The molecule has 19 heavy (non-hydrogen) atoms. The summed E-state index contributed by atoms with van der Waals surface area (Å²) in [6.07, 6.45) is -2.10. The monoisotopic (exact) mass is 271 g/mol. The van der Waals surface area contributed by atoms with E-state index in [0.29, 0.717) is 12.0 Å². The Morgan fingerprint density at radius 3 is 2.79 bits per heavy atom. The molecule has 1 fully saturated rings. The summed E-state index contributed by atoms with van der Waals surface area (Å²) in [4.78, 5) is 11.8. The van der Waals surface area contributed by atoms with E-state index in [9.17, 15) is 13.6 Å². The molecule has 0 aromatic heterocycles. The third-order valence-electron chi connectivity index (χ3n) is 3.42. The van der Waals surface area contributed by atoms with E-state index in [1.54, 1.807) is 6.07 Å². The van der Waals surface area contributed by atoms with Crippen LogP contribution in [-0.4, -0.2) is 42.5 Å². The van der Waals surface area contributed by atoms with Crippen LogP contribution in [0.1, 0.15) is 17.9 Å². The average Bonchev–Trinajstić information content (AvgIpc) is 2.38. The Morgan fingerprint density at radius 2 is 2.26 bits per heavy atom. The molecule has 0 bridgehead atoms. The summed E-state index contributed by atoms with van der Waals surface area (Å²) in [5.74, 6) is -0.897. The number of rotatable bonds is 2. The number of methoxy groups -OCH3 is 1. The standard InChI is InChI=1S/C13H15F2NO3/c1-19-12-3-2-8(6-10(12)14)9-4-5-16(13(17)18)7-11(9)15/h2-3,6,9,11H,4-5,7H2,1H3,(H,17,18). The zero-order chi connectivity index (χ0) is 14.0. The predicted molar refractivity (Wildman–Crippen MR) is 64.8 cm³/mol. The summed E-state index contributed by atoms with van der Waals surface area (Å²) in [5, 5.41) is 8.81. The Bertz CT molecular complexity index is 481. The molecule has 1 saturated heterocycles. The highest BCUT2D eigenvalue weighted by molar-refractivity contribution is 5.65. The van der Waals surface area contributed by atoms with Crippen molar-refractivity contribution in [1.82, 2.24) is 4.90 Å². The highest BCUT2D eigenvalue weighted by Crippen LogP contribution is 2.32. The fourth-order valence-electron chi connectivity index (χ4n) is 2.37. The van der Waals surface area contributed by atoms with E-state index in [-0.39, 0.29) is 18.8 Å². The van der Waals surface area contributed by atoms with Crippen molar-refractivity contribution in [2.45, 2.75) is 18.5 Å². The highest BCUT2D eigenvalue weighted by atomic mass is 19.1. The third-order valence-corrected chi connectivity index (χ3v) is 3.42. The van der Waals surface area contributed by atoms with E-state index in [4.69, 9.17) is 9.84 Å². The van der Waals surface area contributed by atoms with Gasteiger partial charge in [-0.25, -0.2) is 13.6 Å². The van der Waals surface area contributed by atoms with Crippen molar-refractivity contribution in [1.29, 1.82) is 0 Å². The Kier molecular flexibility index (Phi) is 3.87. The molecule has 1 heterocycles. The molecule has 1 aromatic carbocycles. The number of amides is 1. The van der Waals surface area contributed by atoms with Crippen molar-refractivity contribution in [3.05, 3.63) is 29.6 Å². The Labute approximate surface area is 109 Å². The molecule has 6 heteroatoms. The molecule has 2 unspecified atom stereocenters. The molecule has 0 spiro atoms. The molecule has 104 valence electrons. The zero-order valence-electron chi connectivity index (χ0n) is 10.5. The van der Waals surface area contributed by atoms with E-state index in [2.05, 4.69) is 0 Å². The van der Waals surface area contributed by atoms with Crippen molar-refractivity contribution < 1.29 is 23.4 Å². The lowest BCUT2D eigenvalue weighted by atomic mass is 9.88. The molecule has 1 aromatic rings. The molecule has 2 rings (SSSR count). The van der Waals surface area contributed by atoms with Crippen molar-refractivity contribution in [3.8, 4) is 5.75 Å². The number of nitrogens with zero attached hydrogens (tertiary/aromatic N) is 1. The van der Waals surface area contributed by atoms with Gasteiger partial charge in [0.15, 0.2) is 11.6 Å². The second-order valence-corrected chi connectivity index (χ2v) is 4.53. The first-order chi connectivity index (χ1) is 9.02. The second-order valence-electron chi connectivity index (χ2n) is 4.53. The molecule has 1 amide bonds. The number of ether oxygens (including phenoxy) is 1. The summed E-state index contributed by atoms with van der Waals surface area (Å²) in [6, 6.07) is 4.34. The van der Waals surface area contributed by atoms with E-state index in [0.717, 1.165) is 4.90 Å². The largest absolute Gasteiger partial charge is 0.494 e. The number of alkyl halides is 1. The Balaban J connectivity index is 2.15. The van der Waals surface area contributed by atoms with Crippen LogP contribution in [0.2, 0.25) is 0 Å². The maximum absolute atomic E-state index is 14.0. The van der Waals surface area contributed by atoms with Gasteiger partial charge in [0.1, 0.15) is 6.17 Å². The minimum Gasteiger partial charge on any atom is -0.494 e. The van der Waals surface area contributed by atoms with Crippen LogP contribution in [0, 0.1) is 5.82 Å². The van der Waals surface area contributed by atoms with E-state index < -0.39 is 24.0 Å². The van der Waals surface area contributed by atoms with Crippen LogP contribution in [0.15, 0.2) is 18.2 Å². The molecule has 1 aliphatic rings. The molecule has 1 aliphatic heterocycles. The van der Waals surface area contributed by atoms with Crippen LogP contribution < -0.4 is 4.74 Å². The summed E-state index contributed by atoms with van der Waals surface area (Å²) in [6.45, 7) is 0.0850. The van der Waals surface area contributed by atoms with E-state index >= 15 is 0 Å². The number of carboxylic acid groups (broad SMARTS) is 1. The normalized spacial score (nSPS) is 23.2. The number of carbonyl (C=O) groups is 1. The molecule has 0 aliphatic carbocycles. The van der Waals surface area contributed by atoms with Crippen LogP contribution in [0.5, 0.6) is 5.75 Å². The minimum absolute atomic E-state index is 0.113. The van der Waals surface area contributed by atoms with Gasteiger partial charge < -0.3 is 14.7 Å². The summed E-state index contributed by atoms with van der Waals surface area (Å²) < 4.78 is 32.4. The van der Waals surface area contributed by atoms with Crippen molar-refractivity contribution in [2.24, 2.45) is 0 Å². The number of hydrogen-bond donors (Lipinski definition) is 1. The zero-order valence-corrected chi connectivity index (χ0v) is 10.5. The summed E-state index contributed by atoms with van der Waals surface area (Å²) >= 11 is 0. The summed E-state index contributed by atoms with van der Waals surface area (Å²) in [5.41, 5.74) is 0.538. The Hall–Kier alpha value is -1.85. The lowest BCUT2D eigenvalue weighted by Crippen LogP contribution is -2.43. The highest BCUT2D eigenvalue weighted by Gasteiger charge is 2.32. The molecular formula is C13H15F2NO3. The molecule has 2 atom stereocenters. The van der Waals surface area contributed by atoms with Gasteiger partial charge in [-0.15, -0.1) is 0 Å². The van der Waals surface area contributed by atoms with Crippen molar-refractivity contribution >= 4 is 6.09 Å². The molecular weight excluding hydrogens is 256 g/mol. The summed E-state index contributed by atoms with van der Waals surface area (Å²) in [7, 11) is 1.36. The van der Waals surface area contributed by atoms with Gasteiger partial charge in [-0.3, -0.25) is 0 Å². The van der Waals surface area contributed by atoms with Crippen LogP contribution in [-0.2, 0) is 0 Å². The van der Waals surface area contributed by atoms with Gasteiger partial charge in [-0.2, -0.15) is 0 Å². The van der Waals surface area contributed by atoms with Crippen molar-refractivity contribution in [3.63, 3.8) is 0 Å². The van der Waals surface area contributed by atoms with Gasteiger partial charge in [0, 0.05) is 12.5 Å². The molecule has 4 nitrogen and oxygen atoms in total. The van der Waals surface area contributed by atoms with Crippen LogP contribution in [0.3, 0.4) is 0 Å². The maximum Gasteiger partial charge on any atom is 0.407 e. The van der Waals surface area contributed by atoms with Gasteiger partial charge in [0.25, 0.3) is 0 Å².